The Balaban J connectivity index is 1.33. The highest BCUT2D eigenvalue weighted by Crippen LogP contribution is 2.30. The lowest BCUT2D eigenvalue weighted by atomic mass is 9.81. The first-order valence-electron chi connectivity index (χ1n) is 15.2. The zero-order valence-electron chi connectivity index (χ0n) is 25.9. The predicted octanol–water partition coefficient (Wildman–Crippen LogP) is 6.10. The third-order valence-corrected chi connectivity index (χ3v) is 7.67. The Labute approximate surface area is 262 Å². The quantitative estimate of drug-likeness (QED) is 0.220. The number of ether oxygens (including phenoxy) is 2. The summed E-state index contributed by atoms with van der Waals surface area (Å²) in [6.07, 6.45) is 4.24. The van der Waals surface area contributed by atoms with Gasteiger partial charge in [-0.1, -0.05) is 36.4 Å². The molecule has 0 aliphatic heterocycles. The van der Waals surface area contributed by atoms with Crippen LogP contribution < -0.4 is 10.6 Å². The third-order valence-electron chi connectivity index (χ3n) is 7.67. The van der Waals surface area contributed by atoms with Crippen LogP contribution in [0, 0.1) is 29.0 Å². The van der Waals surface area contributed by atoms with E-state index in [4.69, 9.17) is 14.7 Å². The Bertz CT molecular complexity index is 1500. The van der Waals surface area contributed by atoms with Gasteiger partial charge in [-0.3, -0.25) is 9.59 Å². The molecule has 3 aromatic rings. The van der Waals surface area contributed by atoms with Crippen LogP contribution >= 0.6 is 0 Å². The molecule has 1 aliphatic carbocycles. The van der Waals surface area contributed by atoms with E-state index >= 15 is 0 Å². The van der Waals surface area contributed by atoms with Crippen molar-refractivity contribution in [3.8, 4) is 17.3 Å². The Morgan fingerprint density at radius 3 is 2.51 bits per heavy atom. The van der Waals surface area contributed by atoms with Crippen LogP contribution in [0.5, 0.6) is 0 Å². The van der Waals surface area contributed by atoms with Gasteiger partial charge in [0.15, 0.2) is 0 Å². The lowest BCUT2D eigenvalue weighted by molar-refractivity contribution is -0.155. The van der Waals surface area contributed by atoms with Crippen LogP contribution in [-0.4, -0.2) is 40.1 Å². The number of aromatic amines is 1. The first kappa shape index (κ1) is 33.2. The molecule has 0 saturated heterocycles. The molecule has 1 aromatic heterocycles. The molecule has 1 unspecified atom stereocenters. The Kier molecular flexibility index (Phi) is 11.3. The molecule has 1 saturated carbocycles. The van der Waals surface area contributed by atoms with Crippen LogP contribution in [0.4, 0.5) is 9.18 Å². The lowest BCUT2D eigenvalue weighted by Crippen LogP contribution is -2.38. The molecule has 0 spiro atoms. The highest BCUT2D eigenvalue weighted by Gasteiger charge is 2.30. The Morgan fingerprint density at radius 1 is 1.11 bits per heavy atom. The van der Waals surface area contributed by atoms with Crippen molar-refractivity contribution in [2.45, 2.75) is 77.5 Å². The molecule has 2 aromatic carbocycles. The zero-order chi connectivity index (χ0) is 32.4. The monoisotopic (exact) mass is 617 g/mol. The number of halogens is 1. The number of esters is 1. The molecule has 0 radical (unpaired) electrons. The molecule has 4 rings (SSSR count). The van der Waals surface area contributed by atoms with Crippen molar-refractivity contribution >= 4 is 18.0 Å². The summed E-state index contributed by atoms with van der Waals surface area (Å²) in [6.45, 7) is 6.05. The number of alkyl carbamates (subject to hydrolysis) is 1. The molecule has 45 heavy (non-hydrogen) atoms. The predicted molar refractivity (Wildman–Crippen MR) is 165 cm³/mol. The molecule has 3 N–H and O–H groups in total. The van der Waals surface area contributed by atoms with Crippen LogP contribution in [0.2, 0.25) is 0 Å². The summed E-state index contributed by atoms with van der Waals surface area (Å²) in [7, 11) is 0. The van der Waals surface area contributed by atoms with Gasteiger partial charge in [0.25, 0.3) is 0 Å². The van der Waals surface area contributed by atoms with Crippen LogP contribution in [0.15, 0.2) is 54.7 Å². The summed E-state index contributed by atoms with van der Waals surface area (Å²) in [5, 5.41) is 14.9. The van der Waals surface area contributed by atoms with E-state index < -0.39 is 29.5 Å². The molecular formula is C34H40FN5O5. The summed E-state index contributed by atoms with van der Waals surface area (Å²) in [4.78, 5) is 45.6. The maximum absolute atomic E-state index is 14.2. The molecule has 10 nitrogen and oxygen atoms in total. The van der Waals surface area contributed by atoms with E-state index in [-0.39, 0.29) is 42.8 Å². The topological polar surface area (TPSA) is 146 Å². The van der Waals surface area contributed by atoms with Gasteiger partial charge < -0.3 is 25.1 Å². The van der Waals surface area contributed by atoms with Crippen molar-refractivity contribution in [3.05, 3.63) is 77.5 Å². The normalized spacial score (nSPS) is 17.0. The number of amides is 2. The van der Waals surface area contributed by atoms with Crippen molar-refractivity contribution in [1.29, 1.82) is 5.26 Å². The number of imidazole rings is 1. The van der Waals surface area contributed by atoms with Gasteiger partial charge in [-0.25, -0.2) is 14.2 Å². The van der Waals surface area contributed by atoms with Gasteiger partial charge in [-0.2, -0.15) is 5.26 Å². The molecule has 2 amide bonds. The number of carbonyl (C=O) groups is 3. The molecule has 1 fully saturated rings. The Morgan fingerprint density at radius 2 is 1.84 bits per heavy atom. The van der Waals surface area contributed by atoms with E-state index in [0.29, 0.717) is 36.5 Å². The van der Waals surface area contributed by atoms with E-state index in [1.54, 1.807) is 32.9 Å². The van der Waals surface area contributed by atoms with Gasteiger partial charge in [0.05, 0.1) is 23.5 Å². The van der Waals surface area contributed by atoms with Crippen molar-refractivity contribution in [1.82, 2.24) is 20.6 Å². The van der Waals surface area contributed by atoms with E-state index in [9.17, 15) is 18.8 Å². The highest BCUT2D eigenvalue weighted by molar-refractivity contribution is 5.79. The number of hydrogen-bond donors (Lipinski definition) is 3. The van der Waals surface area contributed by atoms with Gasteiger partial charge in [0.2, 0.25) is 5.91 Å². The largest absolute Gasteiger partial charge is 0.460 e. The SMILES string of the molecule is CC(C)(C)OC(=O)CCC(NC(=O)C1CCC(CNC(=O)OCc2ccccc2)CC1)c1ncc(-c2ccc(C#N)c(F)c2)[nH]1. The molecule has 1 atom stereocenters. The van der Waals surface area contributed by atoms with Crippen molar-refractivity contribution in [2.24, 2.45) is 11.8 Å². The molecule has 0 bridgehead atoms. The van der Waals surface area contributed by atoms with Crippen LogP contribution in [0.3, 0.4) is 0 Å². The molecule has 1 heterocycles. The minimum atomic E-state index is -0.643. The van der Waals surface area contributed by atoms with Crippen molar-refractivity contribution < 1.29 is 28.2 Å². The maximum atomic E-state index is 14.2. The summed E-state index contributed by atoms with van der Waals surface area (Å²) >= 11 is 0. The average molecular weight is 618 g/mol. The smallest absolute Gasteiger partial charge is 0.407 e. The standard InChI is InChI=1S/C34H40FN5O5/c1-34(2,3)45-30(41)16-15-28(31-37-20-29(39-31)25-13-14-26(18-36)27(35)17-25)40-32(42)24-11-9-22(10-12-24)19-38-33(43)44-21-23-7-5-4-6-8-23/h4-8,13-14,17,20,22,24,28H,9-12,15-16,19,21H2,1-3H3,(H,37,39)(H,38,43)(H,40,42). The number of carbonyl (C=O) groups excluding carboxylic acids is 3. The number of hydrogen-bond acceptors (Lipinski definition) is 7. The van der Waals surface area contributed by atoms with Gasteiger partial charge >= 0.3 is 12.1 Å². The average Bonchev–Trinajstić information content (AvgIpc) is 3.51. The number of H-pyrrole nitrogens is 1. The van der Waals surface area contributed by atoms with Crippen LogP contribution in [0.25, 0.3) is 11.3 Å². The first-order valence-corrected chi connectivity index (χ1v) is 15.2. The summed E-state index contributed by atoms with van der Waals surface area (Å²) in [6, 6.07) is 14.9. The zero-order valence-corrected chi connectivity index (χ0v) is 25.9. The van der Waals surface area contributed by atoms with E-state index in [1.807, 2.05) is 30.3 Å². The molecular weight excluding hydrogens is 577 g/mol. The fourth-order valence-corrected chi connectivity index (χ4v) is 5.29. The second kappa shape index (κ2) is 15.3. The molecule has 11 heteroatoms. The van der Waals surface area contributed by atoms with Crippen molar-refractivity contribution in [2.75, 3.05) is 6.54 Å². The maximum Gasteiger partial charge on any atom is 0.407 e. The Hall–Kier alpha value is -4.72. The second-order valence-electron chi connectivity index (χ2n) is 12.3. The molecule has 1 aliphatic rings. The minimum absolute atomic E-state index is 0.0581. The molecule has 238 valence electrons. The van der Waals surface area contributed by atoms with Gasteiger partial charge in [0, 0.05) is 24.4 Å². The summed E-state index contributed by atoms with van der Waals surface area (Å²) in [5.74, 6) is -0.730. The number of aromatic nitrogens is 2. The van der Waals surface area contributed by atoms with E-state index in [0.717, 1.165) is 18.4 Å². The van der Waals surface area contributed by atoms with Gasteiger partial charge in [-0.05, 0) is 76.5 Å². The van der Waals surface area contributed by atoms with Crippen LogP contribution in [-0.2, 0) is 25.7 Å². The number of nitrogens with one attached hydrogen (secondary N) is 3. The van der Waals surface area contributed by atoms with Crippen molar-refractivity contribution in [3.63, 3.8) is 0 Å². The lowest BCUT2D eigenvalue weighted by Gasteiger charge is -2.29. The number of rotatable bonds is 11. The summed E-state index contributed by atoms with van der Waals surface area (Å²) < 4.78 is 25.0. The summed E-state index contributed by atoms with van der Waals surface area (Å²) in [5.41, 5.74) is 1.23. The third kappa shape index (κ3) is 10.2. The number of benzene rings is 2. The van der Waals surface area contributed by atoms with E-state index in [1.165, 1.54) is 18.3 Å². The van der Waals surface area contributed by atoms with Crippen LogP contribution in [0.1, 0.15) is 82.3 Å². The van der Waals surface area contributed by atoms with Gasteiger partial charge in [-0.15, -0.1) is 0 Å². The fourth-order valence-electron chi connectivity index (χ4n) is 5.29. The number of nitrogens with zero attached hydrogens (tertiary/aromatic N) is 2. The van der Waals surface area contributed by atoms with E-state index in [2.05, 4.69) is 20.6 Å². The second-order valence-corrected chi connectivity index (χ2v) is 12.3. The number of nitriles is 1. The first-order chi connectivity index (χ1) is 21.5. The minimum Gasteiger partial charge on any atom is -0.460 e. The highest BCUT2D eigenvalue weighted by atomic mass is 19.1. The fraction of sp³-hybridized carbons (Fsp3) is 0.441. The van der Waals surface area contributed by atoms with Gasteiger partial charge in [0.1, 0.15) is 29.9 Å².